The Balaban J connectivity index is 1.49. The fraction of sp³-hybridized carbons (Fsp3) is 0.167. The van der Waals surface area contributed by atoms with Crippen LogP contribution < -0.4 is 5.32 Å². The molecule has 1 amide bonds. The van der Waals surface area contributed by atoms with E-state index in [1.807, 2.05) is 48.5 Å². The summed E-state index contributed by atoms with van der Waals surface area (Å²) in [5.41, 5.74) is 5.39. The lowest BCUT2D eigenvalue weighted by Crippen LogP contribution is -2.24. The Kier molecular flexibility index (Phi) is 6.41. The first-order valence-corrected chi connectivity index (χ1v) is 11.1. The first-order chi connectivity index (χ1) is 14.6. The van der Waals surface area contributed by atoms with Crippen molar-refractivity contribution in [3.8, 4) is 0 Å². The highest BCUT2D eigenvalue weighted by atomic mass is 35.5. The first kappa shape index (κ1) is 20.5. The first-order valence-electron chi connectivity index (χ1n) is 9.74. The van der Waals surface area contributed by atoms with Gasteiger partial charge in [0.2, 0.25) is 5.91 Å². The van der Waals surface area contributed by atoms with Crippen molar-refractivity contribution in [1.29, 1.82) is 0 Å². The van der Waals surface area contributed by atoms with Crippen LogP contribution in [-0.2, 0) is 17.9 Å². The summed E-state index contributed by atoms with van der Waals surface area (Å²) in [4.78, 5) is 17.2. The number of hydrogen-bond acceptors (Lipinski definition) is 3. The van der Waals surface area contributed by atoms with E-state index in [9.17, 15) is 4.79 Å². The molecule has 6 heteroatoms. The molecule has 1 heterocycles. The van der Waals surface area contributed by atoms with Crippen molar-refractivity contribution < 1.29 is 4.79 Å². The molecule has 4 nitrogen and oxygen atoms in total. The predicted octanol–water partition coefficient (Wildman–Crippen LogP) is 5.45. The number of para-hydroxylation sites is 2. The van der Waals surface area contributed by atoms with Crippen molar-refractivity contribution in [3.05, 3.63) is 94.5 Å². The summed E-state index contributed by atoms with van der Waals surface area (Å²) in [5.74, 6) is 0.246. The number of nitrogens with zero attached hydrogens (tertiary/aromatic N) is 2. The fourth-order valence-electron chi connectivity index (χ4n) is 3.29. The topological polar surface area (TPSA) is 46.9 Å². The number of carbonyl (C=O) groups is 1. The third kappa shape index (κ3) is 4.69. The zero-order chi connectivity index (χ0) is 20.9. The lowest BCUT2D eigenvalue weighted by molar-refractivity contribution is -0.118. The molecule has 0 aliphatic rings. The number of thioether (sulfide) groups is 1. The number of benzene rings is 3. The largest absolute Gasteiger partial charge is 0.351 e. The van der Waals surface area contributed by atoms with Crippen LogP contribution in [0.5, 0.6) is 0 Å². The smallest absolute Gasteiger partial charge is 0.230 e. The summed E-state index contributed by atoms with van der Waals surface area (Å²) >= 11 is 7.62. The van der Waals surface area contributed by atoms with Gasteiger partial charge in [-0.15, -0.1) is 0 Å². The third-order valence-corrected chi connectivity index (χ3v) is 6.32. The minimum Gasteiger partial charge on any atom is -0.351 e. The van der Waals surface area contributed by atoms with Crippen molar-refractivity contribution in [2.75, 3.05) is 5.75 Å². The van der Waals surface area contributed by atoms with Crippen molar-refractivity contribution in [1.82, 2.24) is 14.9 Å². The van der Waals surface area contributed by atoms with Crippen molar-refractivity contribution >= 4 is 40.3 Å². The Morgan fingerprint density at radius 2 is 1.70 bits per heavy atom. The van der Waals surface area contributed by atoms with Crippen LogP contribution in [0, 0.1) is 6.92 Å². The third-order valence-electron chi connectivity index (χ3n) is 4.98. The minimum absolute atomic E-state index is 0.0468. The molecule has 0 unspecified atom stereocenters. The summed E-state index contributed by atoms with van der Waals surface area (Å²) in [6.45, 7) is 3.25. The van der Waals surface area contributed by atoms with Crippen molar-refractivity contribution in [2.24, 2.45) is 0 Å². The van der Waals surface area contributed by atoms with Gasteiger partial charge in [0.1, 0.15) is 0 Å². The van der Waals surface area contributed by atoms with Gasteiger partial charge in [0.15, 0.2) is 5.16 Å². The van der Waals surface area contributed by atoms with Gasteiger partial charge in [0.25, 0.3) is 0 Å². The van der Waals surface area contributed by atoms with E-state index in [4.69, 9.17) is 16.6 Å². The molecule has 1 aromatic heterocycles. The summed E-state index contributed by atoms with van der Waals surface area (Å²) in [7, 11) is 0. The fourth-order valence-corrected chi connectivity index (χ4v) is 4.34. The number of nitrogens with one attached hydrogen (secondary N) is 1. The van der Waals surface area contributed by atoms with Gasteiger partial charge in [0.05, 0.1) is 23.3 Å². The Morgan fingerprint density at radius 1 is 1.00 bits per heavy atom. The summed E-state index contributed by atoms with van der Waals surface area (Å²) in [6, 6.07) is 24.0. The highest BCUT2D eigenvalue weighted by Gasteiger charge is 2.14. The zero-order valence-electron chi connectivity index (χ0n) is 16.6. The monoisotopic (exact) mass is 435 g/mol. The van der Waals surface area contributed by atoms with Gasteiger partial charge < -0.3 is 9.88 Å². The molecule has 1 N–H and O–H groups in total. The second-order valence-corrected chi connectivity index (χ2v) is 8.40. The van der Waals surface area contributed by atoms with E-state index in [2.05, 4.69) is 41.1 Å². The van der Waals surface area contributed by atoms with E-state index in [0.717, 1.165) is 28.3 Å². The Hall–Kier alpha value is -2.76. The number of aromatic nitrogens is 2. The molecule has 30 heavy (non-hydrogen) atoms. The van der Waals surface area contributed by atoms with Crippen molar-refractivity contribution in [3.63, 3.8) is 0 Å². The van der Waals surface area contributed by atoms with Gasteiger partial charge in [-0.05, 0) is 41.8 Å². The number of rotatable bonds is 7. The molecule has 0 fully saturated rings. The highest BCUT2D eigenvalue weighted by Crippen LogP contribution is 2.26. The van der Waals surface area contributed by atoms with Gasteiger partial charge in [-0.25, -0.2) is 4.98 Å². The number of hydrogen-bond donors (Lipinski definition) is 1. The van der Waals surface area contributed by atoms with Crippen LogP contribution in [-0.4, -0.2) is 21.2 Å². The molecule has 0 radical (unpaired) electrons. The lowest BCUT2D eigenvalue weighted by Gasteiger charge is -2.11. The molecule has 0 spiro atoms. The maximum Gasteiger partial charge on any atom is 0.230 e. The standard InChI is InChI=1S/C24H22ClN3OS/c1-17-8-2-3-10-19(17)15-28-22-13-7-6-12-21(22)27-24(28)30-16-23(29)26-14-18-9-4-5-11-20(18)25/h2-13H,14-16H2,1H3,(H,26,29). The molecule has 0 atom stereocenters. The molecule has 0 aliphatic carbocycles. The molecule has 3 aromatic carbocycles. The Morgan fingerprint density at radius 3 is 2.50 bits per heavy atom. The Bertz CT molecular complexity index is 1190. The van der Waals surface area contributed by atoms with Crippen molar-refractivity contribution in [2.45, 2.75) is 25.2 Å². The SMILES string of the molecule is Cc1ccccc1Cn1c(SCC(=O)NCc2ccccc2Cl)nc2ccccc21. The predicted molar refractivity (Wildman–Crippen MR) is 124 cm³/mol. The molecule has 0 bridgehead atoms. The lowest BCUT2D eigenvalue weighted by atomic mass is 10.1. The van der Waals surface area contributed by atoms with Crippen LogP contribution in [0.1, 0.15) is 16.7 Å². The quantitative estimate of drug-likeness (QED) is 0.392. The number of carbonyl (C=O) groups excluding carboxylic acids is 1. The molecule has 4 rings (SSSR count). The maximum atomic E-state index is 12.4. The number of amides is 1. The van der Waals surface area contributed by atoms with Crippen LogP contribution in [0.2, 0.25) is 5.02 Å². The van der Waals surface area contributed by atoms with Gasteiger partial charge >= 0.3 is 0 Å². The van der Waals surface area contributed by atoms with Crippen LogP contribution in [0.15, 0.2) is 78.0 Å². The number of imidazole rings is 1. The highest BCUT2D eigenvalue weighted by molar-refractivity contribution is 7.99. The summed E-state index contributed by atoms with van der Waals surface area (Å²) in [6.07, 6.45) is 0. The molecule has 4 aromatic rings. The van der Waals surface area contributed by atoms with E-state index in [1.54, 1.807) is 0 Å². The average Bonchev–Trinajstić information content (AvgIpc) is 3.11. The molecular formula is C24H22ClN3OS. The zero-order valence-corrected chi connectivity index (χ0v) is 18.2. The normalized spacial score (nSPS) is 11.0. The molecular weight excluding hydrogens is 414 g/mol. The maximum absolute atomic E-state index is 12.4. The van der Waals surface area contributed by atoms with Gasteiger partial charge in [-0.1, -0.05) is 78.0 Å². The van der Waals surface area contributed by atoms with Gasteiger partial charge in [-0.3, -0.25) is 4.79 Å². The Labute approximate surface area is 185 Å². The van der Waals surface area contributed by atoms with Gasteiger partial charge in [-0.2, -0.15) is 0 Å². The number of fused-ring (bicyclic) bond motifs is 1. The van der Waals surface area contributed by atoms with E-state index in [0.29, 0.717) is 17.3 Å². The minimum atomic E-state index is -0.0468. The van der Waals surface area contributed by atoms with E-state index < -0.39 is 0 Å². The van der Waals surface area contributed by atoms with Crippen LogP contribution >= 0.6 is 23.4 Å². The van der Waals surface area contributed by atoms with E-state index >= 15 is 0 Å². The van der Waals surface area contributed by atoms with Crippen LogP contribution in [0.4, 0.5) is 0 Å². The second kappa shape index (κ2) is 9.37. The van der Waals surface area contributed by atoms with Crippen LogP contribution in [0.3, 0.4) is 0 Å². The number of halogens is 1. The summed E-state index contributed by atoms with van der Waals surface area (Å²) in [5, 5.41) is 4.44. The molecule has 0 saturated carbocycles. The summed E-state index contributed by atoms with van der Waals surface area (Å²) < 4.78 is 2.18. The van der Waals surface area contributed by atoms with Gasteiger partial charge in [0, 0.05) is 11.6 Å². The second-order valence-electron chi connectivity index (χ2n) is 7.05. The molecule has 0 saturated heterocycles. The number of aryl methyl sites for hydroxylation is 1. The molecule has 152 valence electrons. The van der Waals surface area contributed by atoms with E-state index in [-0.39, 0.29) is 5.91 Å². The van der Waals surface area contributed by atoms with Crippen LogP contribution in [0.25, 0.3) is 11.0 Å². The molecule has 0 aliphatic heterocycles. The van der Waals surface area contributed by atoms with E-state index in [1.165, 1.54) is 22.9 Å². The average molecular weight is 436 g/mol.